The minimum absolute atomic E-state index is 0.251. The van der Waals surface area contributed by atoms with Crippen molar-refractivity contribution in [2.24, 2.45) is 11.5 Å². The average molecular weight is 559 g/mol. The van der Waals surface area contributed by atoms with E-state index in [0.29, 0.717) is 38.6 Å². The Bertz CT molecular complexity index is 1210. The number of fused-ring (bicyclic) bond motifs is 1. The molecule has 4 atom stereocenters. The summed E-state index contributed by atoms with van der Waals surface area (Å²) in [7, 11) is 0. The quantitative estimate of drug-likeness (QED) is 0.147. The minimum Gasteiger partial charge on any atom is -0.481 e. The van der Waals surface area contributed by atoms with E-state index in [1.165, 1.54) is 4.90 Å². The van der Waals surface area contributed by atoms with Crippen molar-refractivity contribution in [3.05, 3.63) is 36.0 Å². The number of carbonyl (C=O) groups is 5. The van der Waals surface area contributed by atoms with E-state index < -0.39 is 60.2 Å². The van der Waals surface area contributed by atoms with Crippen LogP contribution in [0.15, 0.2) is 30.5 Å². The highest BCUT2D eigenvalue weighted by Crippen LogP contribution is 2.21. The van der Waals surface area contributed by atoms with E-state index in [2.05, 4.69) is 15.6 Å². The van der Waals surface area contributed by atoms with Gasteiger partial charge >= 0.3 is 11.9 Å². The van der Waals surface area contributed by atoms with Gasteiger partial charge in [0.25, 0.3) is 0 Å². The van der Waals surface area contributed by atoms with E-state index in [-0.39, 0.29) is 19.4 Å². The van der Waals surface area contributed by atoms with Crippen LogP contribution in [0, 0.1) is 0 Å². The number of carbonyl (C=O) groups excluding carboxylic acids is 3. The molecule has 2 heterocycles. The van der Waals surface area contributed by atoms with Gasteiger partial charge in [-0.25, -0.2) is 4.79 Å². The first-order valence-corrected chi connectivity index (χ1v) is 13.5. The predicted octanol–water partition coefficient (Wildman–Crippen LogP) is 0.0767. The number of hydrogen-bond donors (Lipinski definition) is 7. The largest absolute Gasteiger partial charge is 0.481 e. The van der Waals surface area contributed by atoms with Crippen LogP contribution in [0.4, 0.5) is 0 Å². The first-order chi connectivity index (χ1) is 19.1. The first kappa shape index (κ1) is 30.6. The molecule has 3 rings (SSSR count). The Labute approximate surface area is 231 Å². The lowest BCUT2D eigenvalue weighted by atomic mass is 10.0. The van der Waals surface area contributed by atoms with Crippen molar-refractivity contribution in [3.63, 3.8) is 0 Å². The molecular formula is C27H38N6O7. The summed E-state index contributed by atoms with van der Waals surface area (Å²) in [5.41, 5.74) is 13.6. The second-order valence-corrected chi connectivity index (χ2v) is 10.0. The van der Waals surface area contributed by atoms with Crippen LogP contribution in [-0.2, 0) is 30.4 Å². The third-order valence-electron chi connectivity index (χ3n) is 7.11. The molecule has 13 heteroatoms. The van der Waals surface area contributed by atoms with Gasteiger partial charge < -0.3 is 42.2 Å². The number of aromatic nitrogens is 1. The average Bonchev–Trinajstić information content (AvgIpc) is 3.57. The Kier molecular flexibility index (Phi) is 11.0. The highest BCUT2D eigenvalue weighted by molar-refractivity contribution is 5.95. The van der Waals surface area contributed by atoms with Crippen molar-refractivity contribution in [1.82, 2.24) is 20.5 Å². The maximum absolute atomic E-state index is 13.6. The third kappa shape index (κ3) is 8.02. The number of nitrogens with one attached hydrogen (secondary N) is 3. The van der Waals surface area contributed by atoms with Gasteiger partial charge in [-0.1, -0.05) is 18.2 Å². The van der Waals surface area contributed by atoms with Gasteiger partial charge in [0, 0.05) is 30.1 Å². The number of para-hydroxylation sites is 1. The van der Waals surface area contributed by atoms with Gasteiger partial charge in [0.05, 0.1) is 6.04 Å². The smallest absolute Gasteiger partial charge is 0.326 e. The van der Waals surface area contributed by atoms with Crippen LogP contribution in [0.2, 0.25) is 0 Å². The van der Waals surface area contributed by atoms with E-state index in [4.69, 9.17) is 16.6 Å². The van der Waals surface area contributed by atoms with Gasteiger partial charge in [0.2, 0.25) is 17.7 Å². The number of carboxylic acids is 2. The van der Waals surface area contributed by atoms with Crippen molar-refractivity contribution in [2.45, 2.75) is 75.5 Å². The van der Waals surface area contributed by atoms with Crippen molar-refractivity contribution in [3.8, 4) is 0 Å². The summed E-state index contributed by atoms with van der Waals surface area (Å²) in [4.78, 5) is 66.6. The van der Waals surface area contributed by atoms with Crippen LogP contribution in [0.3, 0.4) is 0 Å². The van der Waals surface area contributed by atoms with Gasteiger partial charge in [-0.15, -0.1) is 0 Å². The van der Waals surface area contributed by atoms with Crippen LogP contribution >= 0.6 is 0 Å². The van der Waals surface area contributed by atoms with Crippen LogP contribution in [0.1, 0.15) is 50.5 Å². The zero-order valence-electron chi connectivity index (χ0n) is 22.3. The molecule has 0 spiro atoms. The van der Waals surface area contributed by atoms with Crippen molar-refractivity contribution < 1.29 is 34.2 Å². The number of benzene rings is 1. The number of amides is 3. The van der Waals surface area contributed by atoms with E-state index in [0.717, 1.165) is 16.5 Å². The summed E-state index contributed by atoms with van der Waals surface area (Å²) in [6.45, 7) is 0.672. The fourth-order valence-electron chi connectivity index (χ4n) is 4.96. The Hall–Kier alpha value is -3.97. The molecule has 1 aliphatic rings. The molecule has 0 aliphatic carbocycles. The molecule has 13 nitrogen and oxygen atoms in total. The normalized spacial score (nSPS) is 17.2. The minimum atomic E-state index is -1.40. The number of nitrogens with two attached hydrogens (primary N) is 2. The number of carboxylic acid groups (broad SMARTS) is 2. The molecular weight excluding hydrogens is 520 g/mol. The van der Waals surface area contributed by atoms with Crippen molar-refractivity contribution in [1.29, 1.82) is 0 Å². The highest BCUT2D eigenvalue weighted by atomic mass is 16.4. The highest BCUT2D eigenvalue weighted by Gasteiger charge is 2.39. The number of aliphatic carboxylic acids is 2. The summed E-state index contributed by atoms with van der Waals surface area (Å²) in [5.74, 6) is -4.18. The monoisotopic (exact) mass is 558 g/mol. The van der Waals surface area contributed by atoms with Crippen LogP contribution in [0.5, 0.6) is 0 Å². The number of nitrogens with zero attached hydrogens (tertiary/aromatic N) is 1. The molecule has 1 aromatic carbocycles. The van der Waals surface area contributed by atoms with Gasteiger partial charge in [0.1, 0.15) is 18.1 Å². The Balaban J connectivity index is 1.68. The van der Waals surface area contributed by atoms with Crippen LogP contribution < -0.4 is 22.1 Å². The molecule has 2 aromatic rings. The molecule has 1 aliphatic heterocycles. The van der Waals surface area contributed by atoms with Gasteiger partial charge in [0.15, 0.2) is 0 Å². The number of rotatable bonds is 15. The lowest BCUT2D eigenvalue weighted by Gasteiger charge is -2.30. The summed E-state index contributed by atoms with van der Waals surface area (Å²) in [6, 6.07) is 3.44. The van der Waals surface area contributed by atoms with Crippen molar-refractivity contribution in [2.75, 3.05) is 13.1 Å². The molecule has 3 amide bonds. The maximum atomic E-state index is 13.6. The fourth-order valence-corrected chi connectivity index (χ4v) is 4.96. The fraction of sp³-hybridized carbons (Fsp3) is 0.519. The molecule has 0 saturated carbocycles. The van der Waals surface area contributed by atoms with E-state index in [1.807, 2.05) is 24.3 Å². The Morgan fingerprint density at radius 3 is 2.50 bits per heavy atom. The molecule has 0 bridgehead atoms. The number of likely N-dealkylation sites (tertiary alicyclic amines) is 1. The zero-order valence-corrected chi connectivity index (χ0v) is 22.3. The topological polar surface area (TPSA) is 221 Å². The lowest BCUT2D eigenvalue weighted by Crippen LogP contribution is -2.57. The Morgan fingerprint density at radius 2 is 1.80 bits per heavy atom. The molecule has 1 aromatic heterocycles. The van der Waals surface area contributed by atoms with E-state index in [1.54, 1.807) is 6.20 Å². The summed E-state index contributed by atoms with van der Waals surface area (Å²) >= 11 is 0. The zero-order chi connectivity index (χ0) is 29.2. The summed E-state index contributed by atoms with van der Waals surface area (Å²) in [6.07, 6.45) is 3.65. The standard InChI is InChI=1S/C27H38N6O7/c28-12-4-3-8-20(31-24(36)18(29)14-16-15-30-19-7-2-1-6-17(16)19)26(38)33-13-5-9-22(33)25(37)32-21(27(39)40)10-11-23(34)35/h1-2,6-7,15,18,20-22,30H,3-5,8-14,28-29H2,(H,31,36)(H,32,37)(H,34,35)(H,39,40). The third-order valence-corrected chi connectivity index (χ3v) is 7.11. The molecule has 9 N–H and O–H groups in total. The van der Waals surface area contributed by atoms with E-state index >= 15 is 0 Å². The second kappa shape index (κ2) is 14.4. The summed E-state index contributed by atoms with van der Waals surface area (Å²) in [5, 5.41) is 24.4. The molecule has 40 heavy (non-hydrogen) atoms. The second-order valence-electron chi connectivity index (χ2n) is 10.0. The van der Waals surface area contributed by atoms with E-state index in [9.17, 15) is 29.1 Å². The van der Waals surface area contributed by atoms with Crippen molar-refractivity contribution >= 4 is 40.6 Å². The van der Waals surface area contributed by atoms with Gasteiger partial charge in [-0.2, -0.15) is 0 Å². The molecule has 4 unspecified atom stereocenters. The number of aromatic amines is 1. The number of unbranched alkanes of at least 4 members (excludes halogenated alkanes) is 1. The van der Waals surface area contributed by atoms with Crippen LogP contribution in [-0.4, -0.2) is 87.0 Å². The van der Waals surface area contributed by atoms with Gasteiger partial charge in [-0.3, -0.25) is 19.2 Å². The Morgan fingerprint density at radius 1 is 1.05 bits per heavy atom. The van der Waals surface area contributed by atoms with Crippen LogP contribution in [0.25, 0.3) is 10.9 Å². The molecule has 1 fully saturated rings. The maximum Gasteiger partial charge on any atom is 0.326 e. The first-order valence-electron chi connectivity index (χ1n) is 13.5. The van der Waals surface area contributed by atoms with Gasteiger partial charge in [-0.05, 0) is 63.1 Å². The molecule has 0 radical (unpaired) electrons. The predicted molar refractivity (Wildman–Crippen MR) is 146 cm³/mol. The summed E-state index contributed by atoms with van der Waals surface area (Å²) < 4.78 is 0. The number of hydrogen-bond acceptors (Lipinski definition) is 7. The molecule has 218 valence electrons. The lowest BCUT2D eigenvalue weighted by molar-refractivity contribution is -0.145. The number of H-pyrrole nitrogens is 1. The molecule has 1 saturated heterocycles. The SMILES string of the molecule is NCCCCC(NC(=O)C(N)Cc1c[nH]c2ccccc12)C(=O)N1CCCC1C(=O)NC(CCC(=O)O)C(=O)O.